The quantitative estimate of drug-likeness (QED) is 0.384. The number of nitrogens with one attached hydrogen (secondary N) is 4. The molecule has 1 aromatic rings. The maximum Gasteiger partial charge on any atom is 0.339 e. The van der Waals surface area contributed by atoms with E-state index in [0.29, 0.717) is 17.2 Å². The average molecular weight is 326 g/mol. The first-order valence-corrected chi connectivity index (χ1v) is 7.11. The third-order valence-electron chi connectivity index (χ3n) is 3.24. The van der Waals surface area contributed by atoms with Crippen LogP contribution in [0.3, 0.4) is 0 Å². The number of hydrogen-bond acceptors (Lipinski definition) is 6. The lowest BCUT2D eigenvalue weighted by Crippen LogP contribution is -2.33. The molecule has 0 aliphatic carbocycles. The molecule has 0 saturated carbocycles. The molecule has 24 heavy (non-hydrogen) atoms. The Morgan fingerprint density at radius 2 is 2.00 bits per heavy atom. The highest BCUT2D eigenvalue weighted by Gasteiger charge is 2.19. The molecule has 0 saturated heterocycles. The Bertz CT molecular complexity index is 778. The Labute approximate surface area is 139 Å². The Morgan fingerprint density at radius 3 is 2.62 bits per heavy atom. The van der Waals surface area contributed by atoms with E-state index in [-0.39, 0.29) is 11.1 Å². The highest BCUT2D eigenvalue weighted by atomic mass is 16.5. The SMILES string of the molecule is C=C1C=C(C)N/C(=C(\C=N)C(=O)Nc2ccccc2C(=O)OC)N1. The van der Waals surface area contributed by atoms with Crippen molar-refractivity contribution in [2.45, 2.75) is 6.92 Å². The second-order valence-electron chi connectivity index (χ2n) is 5.03. The van der Waals surface area contributed by atoms with Gasteiger partial charge >= 0.3 is 5.97 Å². The van der Waals surface area contributed by atoms with Gasteiger partial charge in [0.25, 0.3) is 5.91 Å². The smallest absolute Gasteiger partial charge is 0.339 e. The molecule has 1 aromatic carbocycles. The second kappa shape index (κ2) is 7.28. The molecule has 1 amide bonds. The molecular formula is C17H18N4O3. The molecule has 7 nitrogen and oxygen atoms in total. The Kier molecular flexibility index (Phi) is 5.16. The molecule has 4 N–H and O–H groups in total. The summed E-state index contributed by atoms with van der Waals surface area (Å²) in [6.07, 6.45) is 2.70. The predicted molar refractivity (Wildman–Crippen MR) is 91.4 cm³/mol. The largest absolute Gasteiger partial charge is 0.465 e. The summed E-state index contributed by atoms with van der Waals surface area (Å²) >= 11 is 0. The lowest BCUT2D eigenvalue weighted by atomic mass is 10.1. The highest BCUT2D eigenvalue weighted by Crippen LogP contribution is 2.18. The number of rotatable bonds is 4. The first kappa shape index (κ1) is 17.0. The molecular weight excluding hydrogens is 308 g/mol. The van der Waals surface area contributed by atoms with Crippen molar-refractivity contribution in [3.8, 4) is 0 Å². The number of esters is 1. The van der Waals surface area contributed by atoms with Crippen molar-refractivity contribution in [3.05, 3.63) is 65.3 Å². The van der Waals surface area contributed by atoms with Gasteiger partial charge in [0.1, 0.15) is 5.82 Å². The minimum Gasteiger partial charge on any atom is -0.465 e. The third kappa shape index (κ3) is 3.70. The zero-order valence-corrected chi connectivity index (χ0v) is 13.4. The van der Waals surface area contributed by atoms with Crippen LogP contribution in [0.25, 0.3) is 0 Å². The van der Waals surface area contributed by atoms with Crippen LogP contribution in [0.1, 0.15) is 17.3 Å². The predicted octanol–water partition coefficient (Wildman–Crippen LogP) is 1.88. The lowest BCUT2D eigenvalue weighted by Gasteiger charge is -2.22. The van der Waals surface area contributed by atoms with Gasteiger partial charge in [-0.25, -0.2) is 4.79 Å². The van der Waals surface area contributed by atoms with Gasteiger partial charge in [-0.1, -0.05) is 18.7 Å². The summed E-state index contributed by atoms with van der Waals surface area (Å²) in [7, 11) is 1.27. The zero-order chi connectivity index (χ0) is 17.7. The molecule has 0 atom stereocenters. The number of benzene rings is 1. The Hall–Kier alpha value is -3.35. The van der Waals surface area contributed by atoms with E-state index in [0.717, 1.165) is 11.9 Å². The Morgan fingerprint density at radius 1 is 1.29 bits per heavy atom. The average Bonchev–Trinajstić information content (AvgIpc) is 2.54. The third-order valence-corrected chi connectivity index (χ3v) is 3.24. The van der Waals surface area contributed by atoms with E-state index >= 15 is 0 Å². The van der Waals surface area contributed by atoms with Crippen LogP contribution < -0.4 is 16.0 Å². The van der Waals surface area contributed by atoms with Gasteiger partial charge in [0.05, 0.1) is 23.9 Å². The maximum atomic E-state index is 12.5. The molecule has 7 heteroatoms. The summed E-state index contributed by atoms with van der Waals surface area (Å²) in [5.74, 6) is -0.752. The number of allylic oxidation sites excluding steroid dienone is 2. The number of methoxy groups -OCH3 is 1. The number of hydrogen-bond donors (Lipinski definition) is 4. The van der Waals surface area contributed by atoms with Gasteiger partial charge in [0.2, 0.25) is 0 Å². The number of carbonyl (C=O) groups excluding carboxylic acids is 2. The van der Waals surface area contributed by atoms with Crippen LogP contribution in [-0.4, -0.2) is 25.2 Å². The van der Waals surface area contributed by atoms with Crippen molar-refractivity contribution in [2.75, 3.05) is 12.4 Å². The van der Waals surface area contributed by atoms with Crippen LogP contribution in [0, 0.1) is 5.41 Å². The molecule has 0 bridgehead atoms. The molecule has 0 unspecified atom stereocenters. The summed E-state index contributed by atoms with van der Waals surface area (Å²) in [6, 6.07) is 6.48. The Balaban J connectivity index is 2.32. The van der Waals surface area contributed by atoms with Crippen molar-refractivity contribution in [2.24, 2.45) is 0 Å². The van der Waals surface area contributed by atoms with E-state index in [1.165, 1.54) is 7.11 Å². The maximum absolute atomic E-state index is 12.5. The topological polar surface area (TPSA) is 103 Å². The molecule has 0 aromatic heterocycles. The summed E-state index contributed by atoms with van der Waals surface area (Å²) in [6.45, 7) is 5.61. The summed E-state index contributed by atoms with van der Waals surface area (Å²) in [5, 5.41) is 16.0. The van der Waals surface area contributed by atoms with Crippen LogP contribution in [0.2, 0.25) is 0 Å². The van der Waals surface area contributed by atoms with E-state index in [2.05, 4.69) is 22.5 Å². The highest BCUT2D eigenvalue weighted by molar-refractivity contribution is 6.18. The van der Waals surface area contributed by atoms with Gasteiger partial charge in [-0.2, -0.15) is 0 Å². The van der Waals surface area contributed by atoms with Crippen molar-refractivity contribution in [1.29, 1.82) is 5.41 Å². The standard InChI is InChI=1S/C17H18N4O3/c1-10-8-11(2)20-15(19-10)13(9-18)16(22)21-14-7-5-4-6-12(14)17(23)24-3/h4-9,18-20H,1H2,2-3H3,(H,21,22)/b15-13+,18-9?. The first-order valence-electron chi connectivity index (χ1n) is 7.11. The molecule has 0 radical (unpaired) electrons. The number of amides is 1. The fourth-order valence-corrected chi connectivity index (χ4v) is 2.18. The molecule has 0 fully saturated rings. The van der Waals surface area contributed by atoms with Crippen molar-refractivity contribution in [1.82, 2.24) is 10.6 Å². The van der Waals surface area contributed by atoms with Crippen LogP contribution in [0.4, 0.5) is 5.69 Å². The monoisotopic (exact) mass is 326 g/mol. The number of para-hydroxylation sites is 1. The molecule has 2 rings (SSSR count). The van der Waals surface area contributed by atoms with Gasteiger partial charge in [0.15, 0.2) is 0 Å². The zero-order valence-electron chi connectivity index (χ0n) is 13.4. The van der Waals surface area contributed by atoms with E-state index in [4.69, 9.17) is 10.1 Å². The fourth-order valence-electron chi connectivity index (χ4n) is 2.18. The molecule has 1 aliphatic rings. The van der Waals surface area contributed by atoms with Crippen LogP contribution in [0.15, 0.2) is 59.7 Å². The van der Waals surface area contributed by atoms with Crippen LogP contribution in [0.5, 0.6) is 0 Å². The molecule has 124 valence electrons. The number of carbonyl (C=O) groups is 2. The van der Waals surface area contributed by atoms with Gasteiger partial charge in [-0.15, -0.1) is 0 Å². The minimum atomic E-state index is -0.559. The number of ether oxygens (including phenoxy) is 1. The van der Waals surface area contributed by atoms with Crippen LogP contribution in [-0.2, 0) is 9.53 Å². The lowest BCUT2D eigenvalue weighted by molar-refractivity contribution is -0.112. The second-order valence-corrected chi connectivity index (χ2v) is 5.03. The summed E-state index contributed by atoms with van der Waals surface area (Å²) < 4.78 is 4.70. The fraction of sp³-hybridized carbons (Fsp3) is 0.118. The molecule has 1 heterocycles. The van der Waals surface area contributed by atoms with E-state index in [9.17, 15) is 9.59 Å². The van der Waals surface area contributed by atoms with E-state index in [1.54, 1.807) is 30.3 Å². The first-order chi connectivity index (χ1) is 11.5. The van der Waals surface area contributed by atoms with E-state index in [1.807, 2.05) is 6.92 Å². The normalized spacial score (nSPS) is 15.4. The summed E-state index contributed by atoms with van der Waals surface area (Å²) in [5.41, 5.74) is 1.99. The molecule has 1 aliphatic heterocycles. The van der Waals surface area contributed by atoms with Crippen LogP contribution >= 0.6 is 0 Å². The van der Waals surface area contributed by atoms with E-state index < -0.39 is 11.9 Å². The van der Waals surface area contributed by atoms with Gasteiger partial charge in [0, 0.05) is 17.6 Å². The van der Waals surface area contributed by atoms with Gasteiger partial charge < -0.3 is 26.1 Å². The minimum absolute atomic E-state index is 0.0725. The number of anilines is 1. The van der Waals surface area contributed by atoms with Gasteiger partial charge in [-0.3, -0.25) is 4.79 Å². The van der Waals surface area contributed by atoms with Crippen molar-refractivity contribution < 1.29 is 14.3 Å². The van der Waals surface area contributed by atoms with Gasteiger partial charge in [-0.05, 0) is 25.1 Å². The molecule has 0 spiro atoms. The summed E-state index contributed by atoms with van der Waals surface area (Å²) in [4.78, 5) is 24.3. The van der Waals surface area contributed by atoms with Crippen molar-refractivity contribution >= 4 is 23.8 Å². The van der Waals surface area contributed by atoms with Crippen molar-refractivity contribution in [3.63, 3.8) is 0 Å².